The van der Waals surface area contributed by atoms with Gasteiger partial charge in [0.25, 0.3) is 0 Å². The summed E-state index contributed by atoms with van der Waals surface area (Å²) in [5, 5.41) is 13.5. The molecule has 0 aliphatic carbocycles. The SMILES string of the molecule is COC(=O)Nc1ccc(NCCc2ccc(OC)cc2)nn1. The van der Waals surface area contributed by atoms with Gasteiger partial charge in [0.05, 0.1) is 14.2 Å². The molecule has 7 nitrogen and oxygen atoms in total. The monoisotopic (exact) mass is 302 g/mol. The molecule has 2 aromatic rings. The Morgan fingerprint density at radius 3 is 2.32 bits per heavy atom. The number of hydrogen-bond donors (Lipinski definition) is 2. The lowest BCUT2D eigenvalue weighted by Crippen LogP contribution is -2.13. The fourth-order valence-electron chi connectivity index (χ4n) is 1.78. The van der Waals surface area contributed by atoms with Crippen LogP contribution in [-0.4, -0.2) is 37.1 Å². The number of ether oxygens (including phenoxy) is 2. The summed E-state index contributed by atoms with van der Waals surface area (Å²) in [5.74, 6) is 1.83. The third kappa shape index (κ3) is 4.62. The van der Waals surface area contributed by atoms with E-state index in [0.29, 0.717) is 11.6 Å². The highest BCUT2D eigenvalue weighted by molar-refractivity contribution is 5.83. The van der Waals surface area contributed by atoms with Gasteiger partial charge in [0, 0.05) is 6.54 Å². The minimum atomic E-state index is -0.575. The van der Waals surface area contributed by atoms with Gasteiger partial charge in [0.1, 0.15) is 11.6 Å². The summed E-state index contributed by atoms with van der Waals surface area (Å²) in [7, 11) is 2.94. The summed E-state index contributed by atoms with van der Waals surface area (Å²) in [4.78, 5) is 11.0. The number of nitrogens with zero attached hydrogens (tertiary/aromatic N) is 2. The third-order valence-corrected chi connectivity index (χ3v) is 2.96. The Morgan fingerprint density at radius 1 is 1.05 bits per heavy atom. The predicted molar refractivity (Wildman–Crippen MR) is 83.2 cm³/mol. The van der Waals surface area contributed by atoms with Gasteiger partial charge in [-0.3, -0.25) is 5.32 Å². The van der Waals surface area contributed by atoms with Crippen LogP contribution in [0, 0.1) is 0 Å². The molecule has 116 valence electrons. The molecule has 2 N–H and O–H groups in total. The van der Waals surface area contributed by atoms with E-state index in [4.69, 9.17) is 4.74 Å². The third-order valence-electron chi connectivity index (χ3n) is 2.96. The molecule has 0 saturated carbocycles. The van der Waals surface area contributed by atoms with Crippen LogP contribution in [0.3, 0.4) is 0 Å². The topological polar surface area (TPSA) is 85.4 Å². The van der Waals surface area contributed by atoms with Crippen LogP contribution in [0.2, 0.25) is 0 Å². The van der Waals surface area contributed by atoms with E-state index in [2.05, 4.69) is 25.6 Å². The quantitative estimate of drug-likeness (QED) is 0.851. The van der Waals surface area contributed by atoms with Crippen LogP contribution in [0.1, 0.15) is 5.56 Å². The highest BCUT2D eigenvalue weighted by atomic mass is 16.5. The summed E-state index contributed by atoms with van der Waals surface area (Å²) >= 11 is 0. The van der Waals surface area contributed by atoms with Crippen molar-refractivity contribution in [2.45, 2.75) is 6.42 Å². The van der Waals surface area contributed by atoms with Crippen molar-refractivity contribution in [3.63, 3.8) is 0 Å². The van der Waals surface area contributed by atoms with Crippen molar-refractivity contribution < 1.29 is 14.3 Å². The molecule has 0 spiro atoms. The molecule has 0 bridgehead atoms. The highest BCUT2D eigenvalue weighted by Crippen LogP contribution is 2.12. The van der Waals surface area contributed by atoms with Crippen LogP contribution in [0.5, 0.6) is 5.75 Å². The van der Waals surface area contributed by atoms with Crippen molar-refractivity contribution in [2.75, 3.05) is 31.4 Å². The van der Waals surface area contributed by atoms with Crippen LogP contribution in [-0.2, 0) is 11.2 Å². The number of nitrogens with one attached hydrogen (secondary N) is 2. The summed E-state index contributed by atoms with van der Waals surface area (Å²) < 4.78 is 9.59. The first kappa shape index (κ1) is 15.6. The number of rotatable bonds is 6. The van der Waals surface area contributed by atoms with E-state index in [1.807, 2.05) is 24.3 Å². The van der Waals surface area contributed by atoms with Gasteiger partial charge in [-0.05, 0) is 36.2 Å². The lowest BCUT2D eigenvalue weighted by Gasteiger charge is -2.07. The normalized spacial score (nSPS) is 9.91. The summed E-state index contributed by atoms with van der Waals surface area (Å²) in [6, 6.07) is 11.3. The Hall–Kier alpha value is -2.83. The minimum Gasteiger partial charge on any atom is -0.497 e. The number of aromatic nitrogens is 2. The molecule has 0 unspecified atom stereocenters. The molecule has 1 heterocycles. The number of anilines is 2. The van der Waals surface area contributed by atoms with Crippen LogP contribution in [0.15, 0.2) is 36.4 Å². The summed E-state index contributed by atoms with van der Waals surface area (Å²) in [5.41, 5.74) is 1.20. The molecule has 0 saturated heterocycles. The second-order valence-electron chi connectivity index (χ2n) is 4.45. The molecule has 0 radical (unpaired) electrons. The zero-order valence-corrected chi connectivity index (χ0v) is 12.5. The molecule has 0 aliphatic rings. The largest absolute Gasteiger partial charge is 0.497 e. The Morgan fingerprint density at radius 2 is 1.73 bits per heavy atom. The molecule has 22 heavy (non-hydrogen) atoms. The van der Waals surface area contributed by atoms with E-state index in [-0.39, 0.29) is 0 Å². The smallest absolute Gasteiger partial charge is 0.412 e. The Kier molecular flexibility index (Phi) is 5.53. The average Bonchev–Trinajstić information content (AvgIpc) is 2.57. The van der Waals surface area contributed by atoms with Crippen LogP contribution in [0.4, 0.5) is 16.4 Å². The van der Waals surface area contributed by atoms with E-state index in [1.165, 1.54) is 12.7 Å². The van der Waals surface area contributed by atoms with E-state index < -0.39 is 6.09 Å². The van der Waals surface area contributed by atoms with Gasteiger partial charge in [-0.1, -0.05) is 12.1 Å². The Labute approximate surface area is 128 Å². The molecule has 1 amide bonds. The second-order valence-corrected chi connectivity index (χ2v) is 4.45. The van der Waals surface area contributed by atoms with E-state index in [9.17, 15) is 4.79 Å². The molecule has 0 fully saturated rings. The Bertz CT molecular complexity index is 599. The number of carbonyl (C=O) groups is 1. The van der Waals surface area contributed by atoms with Gasteiger partial charge in [-0.2, -0.15) is 0 Å². The van der Waals surface area contributed by atoms with Gasteiger partial charge in [0.2, 0.25) is 0 Å². The van der Waals surface area contributed by atoms with E-state index in [0.717, 1.165) is 18.7 Å². The Balaban J connectivity index is 1.80. The fourth-order valence-corrected chi connectivity index (χ4v) is 1.78. The van der Waals surface area contributed by atoms with Crippen molar-refractivity contribution in [3.8, 4) is 5.75 Å². The standard InChI is InChI=1S/C15H18N4O3/c1-21-12-5-3-11(4-6-12)9-10-16-13-7-8-14(19-18-13)17-15(20)22-2/h3-8H,9-10H2,1-2H3,(H,16,18)(H,17,19,20). The van der Waals surface area contributed by atoms with Crippen LogP contribution >= 0.6 is 0 Å². The van der Waals surface area contributed by atoms with Crippen molar-refractivity contribution in [2.24, 2.45) is 0 Å². The molecular formula is C15H18N4O3. The molecule has 7 heteroatoms. The van der Waals surface area contributed by atoms with Crippen molar-refractivity contribution in [1.29, 1.82) is 0 Å². The molecule has 0 atom stereocenters. The van der Waals surface area contributed by atoms with Crippen LogP contribution < -0.4 is 15.4 Å². The first-order valence-corrected chi connectivity index (χ1v) is 6.77. The number of methoxy groups -OCH3 is 2. The second kappa shape index (κ2) is 7.82. The lowest BCUT2D eigenvalue weighted by molar-refractivity contribution is 0.187. The van der Waals surface area contributed by atoms with E-state index in [1.54, 1.807) is 19.2 Å². The molecule has 1 aromatic heterocycles. The first-order chi connectivity index (χ1) is 10.7. The maximum absolute atomic E-state index is 11.0. The van der Waals surface area contributed by atoms with Gasteiger partial charge in [-0.25, -0.2) is 4.79 Å². The number of amides is 1. The summed E-state index contributed by atoms with van der Waals surface area (Å²) in [6.07, 6.45) is 0.280. The van der Waals surface area contributed by atoms with Gasteiger partial charge >= 0.3 is 6.09 Å². The maximum atomic E-state index is 11.0. The lowest BCUT2D eigenvalue weighted by atomic mass is 10.1. The van der Waals surface area contributed by atoms with Crippen molar-refractivity contribution in [3.05, 3.63) is 42.0 Å². The van der Waals surface area contributed by atoms with Gasteiger partial charge in [0.15, 0.2) is 5.82 Å². The maximum Gasteiger partial charge on any atom is 0.412 e. The van der Waals surface area contributed by atoms with Gasteiger partial charge < -0.3 is 14.8 Å². The highest BCUT2D eigenvalue weighted by Gasteiger charge is 2.02. The number of carbonyl (C=O) groups excluding carboxylic acids is 1. The van der Waals surface area contributed by atoms with Gasteiger partial charge in [-0.15, -0.1) is 10.2 Å². The minimum absolute atomic E-state index is 0.340. The number of benzene rings is 1. The zero-order chi connectivity index (χ0) is 15.8. The van der Waals surface area contributed by atoms with Crippen molar-refractivity contribution in [1.82, 2.24) is 10.2 Å². The molecule has 1 aromatic carbocycles. The molecular weight excluding hydrogens is 284 g/mol. The molecule has 0 aliphatic heterocycles. The van der Waals surface area contributed by atoms with Crippen LogP contribution in [0.25, 0.3) is 0 Å². The average molecular weight is 302 g/mol. The predicted octanol–water partition coefficient (Wildman–Crippen LogP) is 2.32. The number of hydrogen-bond acceptors (Lipinski definition) is 6. The zero-order valence-electron chi connectivity index (χ0n) is 12.5. The summed E-state index contributed by atoms with van der Waals surface area (Å²) in [6.45, 7) is 0.727. The van der Waals surface area contributed by atoms with E-state index >= 15 is 0 Å². The molecule has 2 rings (SSSR count). The van der Waals surface area contributed by atoms with Crippen molar-refractivity contribution >= 4 is 17.7 Å². The first-order valence-electron chi connectivity index (χ1n) is 6.77. The fraction of sp³-hybridized carbons (Fsp3) is 0.267.